The summed E-state index contributed by atoms with van der Waals surface area (Å²) in [5, 5.41) is 11.5. The topological polar surface area (TPSA) is 71.3 Å². The summed E-state index contributed by atoms with van der Waals surface area (Å²) in [6.07, 6.45) is 7.99. The molecule has 1 heterocycles. The molecule has 0 spiro atoms. The van der Waals surface area contributed by atoms with Gasteiger partial charge in [-0.2, -0.15) is 5.10 Å². The number of rotatable bonds is 7. The molecule has 0 saturated heterocycles. The summed E-state index contributed by atoms with van der Waals surface area (Å²) in [7, 11) is -0.709. The predicted molar refractivity (Wildman–Crippen MR) is 132 cm³/mol. The molecule has 0 radical (unpaired) electrons. The zero-order chi connectivity index (χ0) is 19.8. The lowest BCUT2D eigenvalue weighted by molar-refractivity contribution is 0.413. The Morgan fingerprint density at radius 2 is 2.07 bits per heavy atom. The molecule has 1 aliphatic rings. The van der Waals surface area contributed by atoms with Gasteiger partial charge in [0, 0.05) is 46.8 Å². The van der Waals surface area contributed by atoms with Crippen molar-refractivity contribution in [2.75, 3.05) is 12.3 Å². The van der Waals surface area contributed by atoms with E-state index in [1.165, 1.54) is 0 Å². The van der Waals surface area contributed by atoms with E-state index >= 15 is 0 Å². The van der Waals surface area contributed by atoms with Gasteiger partial charge in [0.1, 0.15) is 0 Å². The Morgan fingerprint density at radius 1 is 1.28 bits per heavy atom. The molecule has 3 rings (SSSR count). The lowest BCUT2D eigenvalue weighted by Gasteiger charge is -2.30. The van der Waals surface area contributed by atoms with Crippen LogP contribution in [0.1, 0.15) is 45.1 Å². The van der Waals surface area contributed by atoms with Crippen molar-refractivity contribution in [3.05, 3.63) is 48.3 Å². The van der Waals surface area contributed by atoms with Crippen LogP contribution < -0.4 is 10.6 Å². The van der Waals surface area contributed by atoms with Crippen molar-refractivity contribution in [1.82, 2.24) is 20.4 Å². The van der Waals surface area contributed by atoms with E-state index in [1.807, 2.05) is 23.9 Å². The van der Waals surface area contributed by atoms with Crippen LogP contribution >= 0.6 is 24.0 Å². The number of hydrogen-bond donors (Lipinski definition) is 2. The quantitative estimate of drug-likeness (QED) is 0.327. The summed E-state index contributed by atoms with van der Waals surface area (Å²) in [6, 6.07) is 10.6. The Hall–Kier alpha value is -1.42. The maximum Gasteiger partial charge on any atom is 0.191 e. The lowest BCUT2D eigenvalue weighted by Crippen LogP contribution is -2.46. The molecule has 1 aromatic heterocycles. The molecule has 6 nitrogen and oxygen atoms in total. The second kappa shape index (κ2) is 12.3. The maximum atomic E-state index is 12.2. The minimum absolute atomic E-state index is 0. The molecule has 0 bridgehead atoms. The molecular weight excluding hydrogens is 497 g/mol. The van der Waals surface area contributed by atoms with Crippen LogP contribution in [0.2, 0.25) is 0 Å². The molecule has 1 saturated carbocycles. The third-order valence-corrected chi connectivity index (χ3v) is 6.83. The van der Waals surface area contributed by atoms with Crippen molar-refractivity contribution in [2.24, 2.45) is 4.99 Å². The van der Waals surface area contributed by atoms with Gasteiger partial charge in [-0.05, 0) is 49.9 Å². The van der Waals surface area contributed by atoms with Gasteiger partial charge in [0.05, 0.1) is 12.2 Å². The normalized spacial score (nSPS) is 20.6. The van der Waals surface area contributed by atoms with Gasteiger partial charge in [0.25, 0.3) is 0 Å². The van der Waals surface area contributed by atoms with Crippen LogP contribution in [0, 0.1) is 0 Å². The molecule has 29 heavy (non-hydrogen) atoms. The van der Waals surface area contributed by atoms with E-state index in [2.05, 4.69) is 46.9 Å². The van der Waals surface area contributed by atoms with Crippen molar-refractivity contribution < 1.29 is 4.21 Å². The highest BCUT2D eigenvalue weighted by molar-refractivity contribution is 14.0. The minimum atomic E-state index is -0.709. The molecule has 1 aromatic carbocycles. The van der Waals surface area contributed by atoms with Gasteiger partial charge in [-0.3, -0.25) is 4.21 Å². The second-order valence-corrected chi connectivity index (χ2v) is 9.12. The SMILES string of the molecule is CCNC(=NCc1ccc(-n2cccn2)cc1)NC1CCCC(S(=O)CC)C1.I. The van der Waals surface area contributed by atoms with E-state index in [4.69, 9.17) is 4.99 Å². The molecule has 0 aliphatic heterocycles. The first-order valence-electron chi connectivity index (χ1n) is 10.2. The number of aromatic nitrogens is 2. The zero-order valence-electron chi connectivity index (χ0n) is 17.2. The number of halogens is 1. The van der Waals surface area contributed by atoms with E-state index in [9.17, 15) is 4.21 Å². The molecular formula is C21H32IN5OS. The monoisotopic (exact) mass is 529 g/mol. The van der Waals surface area contributed by atoms with E-state index in [-0.39, 0.29) is 24.0 Å². The Balaban J connectivity index is 0.00000300. The van der Waals surface area contributed by atoms with Crippen LogP contribution in [0.25, 0.3) is 5.69 Å². The Bertz CT molecular complexity index is 779. The molecule has 0 amide bonds. The van der Waals surface area contributed by atoms with Gasteiger partial charge in [0.2, 0.25) is 0 Å². The largest absolute Gasteiger partial charge is 0.357 e. The Labute approximate surface area is 193 Å². The number of guanidine groups is 1. The fourth-order valence-corrected chi connectivity index (χ4v) is 4.96. The van der Waals surface area contributed by atoms with Crippen molar-refractivity contribution in [3.8, 4) is 5.69 Å². The summed E-state index contributed by atoms with van der Waals surface area (Å²) in [5.41, 5.74) is 2.20. The summed E-state index contributed by atoms with van der Waals surface area (Å²) in [5.74, 6) is 1.59. The zero-order valence-corrected chi connectivity index (χ0v) is 20.4. The molecule has 1 fully saturated rings. The number of nitrogens with zero attached hydrogens (tertiary/aromatic N) is 3. The third-order valence-electron chi connectivity index (χ3n) is 5.09. The summed E-state index contributed by atoms with van der Waals surface area (Å²) >= 11 is 0. The van der Waals surface area contributed by atoms with E-state index in [0.717, 1.165) is 55.2 Å². The first-order chi connectivity index (χ1) is 13.7. The highest BCUT2D eigenvalue weighted by Crippen LogP contribution is 2.23. The van der Waals surface area contributed by atoms with Gasteiger partial charge in [-0.1, -0.05) is 25.5 Å². The van der Waals surface area contributed by atoms with Crippen LogP contribution in [0.5, 0.6) is 0 Å². The summed E-state index contributed by atoms with van der Waals surface area (Å²) in [4.78, 5) is 4.76. The number of aliphatic imine (C=N–C) groups is 1. The van der Waals surface area contributed by atoms with Gasteiger partial charge < -0.3 is 10.6 Å². The van der Waals surface area contributed by atoms with Crippen LogP contribution in [0.15, 0.2) is 47.7 Å². The average Bonchev–Trinajstić information content (AvgIpc) is 3.27. The molecule has 2 N–H and O–H groups in total. The number of hydrogen-bond acceptors (Lipinski definition) is 3. The van der Waals surface area contributed by atoms with Gasteiger partial charge in [-0.25, -0.2) is 9.67 Å². The smallest absolute Gasteiger partial charge is 0.191 e. The summed E-state index contributed by atoms with van der Waals surface area (Å²) in [6.45, 7) is 5.52. The first kappa shape index (κ1) is 23.9. The van der Waals surface area contributed by atoms with Crippen molar-refractivity contribution in [3.63, 3.8) is 0 Å². The minimum Gasteiger partial charge on any atom is -0.357 e. The van der Waals surface area contributed by atoms with Crippen LogP contribution in [-0.2, 0) is 17.3 Å². The maximum absolute atomic E-state index is 12.2. The fourth-order valence-electron chi connectivity index (χ4n) is 3.61. The Kier molecular flexibility index (Phi) is 10.1. The highest BCUT2D eigenvalue weighted by atomic mass is 127. The van der Waals surface area contributed by atoms with Gasteiger partial charge in [-0.15, -0.1) is 24.0 Å². The molecule has 3 atom stereocenters. The fraction of sp³-hybridized carbons (Fsp3) is 0.524. The molecule has 1 aliphatic carbocycles. The third kappa shape index (κ3) is 7.09. The molecule has 8 heteroatoms. The molecule has 3 unspecified atom stereocenters. The van der Waals surface area contributed by atoms with Crippen LogP contribution in [0.4, 0.5) is 0 Å². The van der Waals surface area contributed by atoms with Gasteiger partial charge >= 0.3 is 0 Å². The van der Waals surface area contributed by atoms with Crippen LogP contribution in [-0.4, -0.2) is 43.5 Å². The second-order valence-electron chi connectivity index (χ2n) is 7.11. The van der Waals surface area contributed by atoms with Crippen molar-refractivity contribution in [2.45, 2.75) is 57.4 Å². The van der Waals surface area contributed by atoms with Gasteiger partial charge in [0.15, 0.2) is 5.96 Å². The molecule has 160 valence electrons. The van der Waals surface area contributed by atoms with E-state index < -0.39 is 10.8 Å². The van der Waals surface area contributed by atoms with Crippen molar-refractivity contribution in [1.29, 1.82) is 0 Å². The summed E-state index contributed by atoms with van der Waals surface area (Å²) < 4.78 is 14.0. The first-order valence-corrected chi connectivity index (χ1v) is 11.6. The lowest BCUT2D eigenvalue weighted by atomic mass is 9.95. The van der Waals surface area contributed by atoms with E-state index in [1.54, 1.807) is 6.20 Å². The highest BCUT2D eigenvalue weighted by Gasteiger charge is 2.26. The predicted octanol–water partition coefficient (Wildman–Crippen LogP) is 3.63. The number of benzene rings is 1. The van der Waals surface area contributed by atoms with E-state index in [0.29, 0.717) is 17.8 Å². The molecule has 2 aromatic rings. The Morgan fingerprint density at radius 3 is 2.72 bits per heavy atom. The van der Waals surface area contributed by atoms with Crippen molar-refractivity contribution >= 4 is 40.7 Å². The number of nitrogens with one attached hydrogen (secondary N) is 2. The standard InChI is InChI=1S/C21H31N5OS.HI/c1-3-22-21(25-18-7-5-8-20(15-18)28(27)4-2)23-16-17-9-11-19(12-10-17)26-14-6-13-24-26;/h6,9-14,18,20H,3-5,7-8,15-16H2,1-2H3,(H2,22,23,25);1H. The average molecular weight is 529 g/mol. The van der Waals surface area contributed by atoms with Crippen LogP contribution in [0.3, 0.4) is 0 Å².